The Balaban J connectivity index is 0.000000204. The maximum atomic E-state index is 10.3. The Morgan fingerprint density at radius 2 is 1.35 bits per heavy atom. The molecule has 0 saturated carbocycles. The van der Waals surface area contributed by atoms with Gasteiger partial charge in [0.2, 0.25) is 0 Å². The highest BCUT2D eigenvalue weighted by molar-refractivity contribution is 9.10. The van der Waals surface area contributed by atoms with Crippen LogP contribution in [0, 0.1) is 10.1 Å². The van der Waals surface area contributed by atoms with Crippen molar-refractivity contribution in [1.29, 1.82) is 0 Å². The quantitative estimate of drug-likeness (QED) is 0.381. The third-order valence-electron chi connectivity index (χ3n) is 2.24. The van der Waals surface area contributed by atoms with E-state index in [1.807, 2.05) is 6.07 Å². The summed E-state index contributed by atoms with van der Waals surface area (Å²) >= 11 is 6.37. The number of nitro groups is 1. The van der Waals surface area contributed by atoms with Crippen LogP contribution in [0.4, 0.5) is 22.7 Å². The van der Waals surface area contributed by atoms with Crippen molar-refractivity contribution in [2.75, 3.05) is 17.2 Å². The topological polar surface area (TPSA) is 121 Å². The van der Waals surface area contributed by atoms with Crippen LogP contribution in [0.25, 0.3) is 0 Å². The zero-order chi connectivity index (χ0) is 15.3. The SMILES string of the molecule is Nc1ccc(Br)cc1N.Nc1ccc(Br)cc1[N+](=O)[O-]. The highest BCUT2D eigenvalue weighted by Crippen LogP contribution is 2.24. The lowest BCUT2D eigenvalue weighted by Crippen LogP contribution is -1.94. The molecule has 0 spiro atoms. The van der Waals surface area contributed by atoms with Gasteiger partial charge >= 0.3 is 0 Å². The second-order valence-electron chi connectivity index (χ2n) is 3.73. The maximum Gasteiger partial charge on any atom is 0.293 e. The maximum absolute atomic E-state index is 10.3. The van der Waals surface area contributed by atoms with Crippen molar-refractivity contribution in [3.63, 3.8) is 0 Å². The highest BCUT2D eigenvalue weighted by atomic mass is 79.9. The third-order valence-corrected chi connectivity index (χ3v) is 3.22. The van der Waals surface area contributed by atoms with E-state index in [1.54, 1.807) is 18.2 Å². The molecule has 0 fully saturated rings. The Kier molecular flexibility index (Phi) is 5.78. The van der Waals surface area contributed by atoms with Gasteiger partial charge in [-0.2, -0.15) is 0 Å². The summed E-state index contributed by atoms with van der Waals surface area (Å²) in [6.45, 7) is 0. The molecule has 0 saturated heterocycles. The molecule has 0 bridgehead atoms. The smallest absolute Gasteiger partial charge is 0.293 e. The Hall–Kier alpha value is -1.80. The van der Waals surface area contributed by atoms with E-state index in [-0.39, 0.29) is 11.4 Å². The second kappa shape index (κ2) is 7.11. The van der Waals surface area contributed by atoms with E-state index in [9.17, 15) is 10.1 Å². The molecule has 0 atom stereocenters. The summed E-state index contributed by atoms with van der Waals surface area (Å²) in [5.41, 5.74) is 17.6. The van der Waals surface area contributed by atoms with Gasteiger partial charge in [0.25, 0.3) is 5.69 Å². The molecule has 20 heavy (non-hydrogen) atoms. The van der Waals surface area contributed by atoms with E-state index >= 15 is 0 Å². The van der Waals surface area contributed by atoms with Crippen LogP contribution in [-0.4, -0.2) is 4.92 Å². The summed E-state index contributed by atoms with van der Waals surface area (Å²) in [7, 11) is 0. The summed E-state index contributed by atoms with van der Waals surface area (Å²) in [4.78, 5) is 9.76. The number of hydrogen-bond acceptors (Lipinski definition) is 5. The normalized spacial score (nSPS) is 9.50. The Bertz CT molecular complexity index is 635. The summed E-state index contributed by atoms with van der Waals surface area (Å²) in [6.07, 6.45) is 0. The number of halogens is 2. The molecule has 6 N–H and O–H groups in total. The standard InChI is InChI=1S/C6H5BrN2O2.C6H7BrN2/c7-4-1-2-5(8)6(3-4)9(10)11;7-4-1-2-5(8)6(9)3-4/h1-3H,8H2;1-3H,8-9H2. The number of nitrogen functional groups attached to an aromatic ring is 3. The minimum absolute atomic E-state index is 0.0700. The molecule has 0 aliphatic rings. The van der Waals surface area contributed by atoms with Gasteiger partial charge in [-0.05, 0) is 30.3 Å². The van der Waals surface area contributed by atoms with Crippen molar-refractivity contribution in [3.8, 4) is 0 Å². The molecule has 0 aromatic heterocycles. The van der Waals surface area contributed by atoms with Gasteiger partial charge in [-0.15, -0.1) is 0 Å². The molecule has 2 aromatic rings. The number of benzene rings is 2. The molecule has 8 heteroatoms. The van der Waals surface area contributed by atoms with Gasteiger partial charge in [-0.1, -0.05) is 31.9 Å². The average molecular weight is 404 g/mol. The zero-order valence-electron chi connectivity index (χ0n) is 10.2. The van der Waals surface area contributed by atoms with Crippen LogP contribution >= 0.6 is 31.9 Å². The van der Waals surface area contributed by atoms with Crippen LogP contribution < -0.4 is 17.2 Å². The highest BCUT2D eigenvalue weighted by Gasteiger charge is 2.09. The number of anilines is 3. The van der Waals surface area contributed by atoms with Crippen LogP contribution in [0.5, 0.6) is 0 Å². The van der Waals surface area contributed by atoms with Crippen molar-refractivity contribution in [1.82, 2.24) is 0 Å². The van der Waals surface area contributed by atoms with Gasteiger partial charge in [0.15, 0.2) is 0 Å². The molecule has 0 unspecified atom stereocenters. The van der Waals surface area contributed by atoms with Gasteiger partial charge in [0.1, 0.15) is 5.69 Å². The lowest BCUT2D eigenvalue weighted by atomic mass is 10.3. The van der Waals surface area contributed by atoms with Gasteiger partial charge in [0.05, 0.1) is 16.3 Å². The van der Waals surface area contributed by atoms with E-state index in [0.29, 0.717) is 15.8 Å². The van der Waals surface area contributed by atoms with Gasteiger partial charge in [0, 0.05) is 15.0 Å². The first-order valence-corrected chi connectivity index (χ1v) is 6.89. The van der Waals surface area contributed by atoms with E-state index in [0.717, 1.165) is 4.47 Å². The number of rotatable bonds is 1. The molecule has 2 rings (SSSR count). The van der Waals surface area contributed by atoms with Crippen molar-refractivity contribution in [2.45, 2.75) is 0 Å². The summed E-state index contributed by atoms with van der Waals surface area (Å²) in [5.74, 6) is 0. The second-order valence-corrected chi connectivity index (χ2v) is 5.56. The molecule has 2 aromatic carbocycles. The number of nitrogens with two attached hydrogens (primary N) is 3. The molecular formula is C12H12Br2N4O2. The predicted octanol–water partition coefficient (Wildman–Crippen LogP) is 3.55. The van der Waals surface area contributed by atoms with E-state index < -0.39 is 4.92 Å². The largest absolute Gasteiger partial charge is 0.397 e. The van der Waals surface area contributed by atoms with Crippen LogP contribution in [0.3, 0.4) is 0 Å². The van der Waals surface area contributed by atoms with E-state index in [2.05, 4.69) is 31.9 Å². The molecular weight excluding hydrogens is 392 g/mol. The minimum Gasteiger partial charge on any atom is -0.397 e. The fourth-order valence-electron chi connectivity index (χ4n) is 1.22. The minimum atomic E-state index is -0.514. The zero-order valence-corrected chi connectivity index (χ0v) is 13.4. The summed E-state index contributed by atoms with van der Waals surface area (Å²) < 4.78 is 1.60. The Morgan fingerprint density at radius 3 is 1.75 bits per heavy atom. The number of nitro benzene ring substituents is 1. The van der Waals surface area contributed by atoms with Crippen molar-refractivity contribution < 1.29 is 4.92 Å². The first-order chi connectivity index (χ1) is 9.31. The van der Waals surface area contributed by atoms with Crippen molar-refractivity contribution in [3.05, 3.63) is 55.5 Å². The van der Waals surface area contributed by atoms with Gasteiger partial charge in [-0.25, -0.2) is 0 Å². The van der Waals surface area contributed by atoms with Crippen LogP contribution in [0.2, 0.25) is 0 Å². The molecule has 0 aliphatic heterocycles. The fraction of sp³-hybridized carbons (Fsp3) is 0. The summed E-state index contributed by atoms with van der Waals surface area (Å²) in [5, 5.41) is 10.3. The van der Waals surface area contributed by atoms with Crippen molar-refractivity contribution in [2.24, 2.45) is 0 Å². The fourth-order valence-corrected chi connectivity index (χ4v) is 1.95. The van der Waals surface area contributed by atoms with E-state index in [1.165, 1.54) is 12.1 Å². The lowest BCUT2D eigenvalue weighted by molar-refractivity contribution is -0.384. The third kappa shape index (κ3) is 4.71. The molecule has 0 heterocycles. The van der Waals surface area contributed by atoms with Crippen LogP contribution in [-0.2, 0) is 0 Å². The first-order valence-electron chi connectivity index (χ1n) is 5.31. The van der Waals surface area contributed by atoms with E-state index in [4.69, 9.17) is 17.2 Å². The number of hydrogen-bond donors (Lipinski definition) is 3. The number of nitrogens with zero attached hydrogens (tertiary/aromatic N) is 1. The molecule has 6 nitrogen and oxygen atoms in total. The monoisotopic (exact) mass is 402 g/mol. The van der Waals surface area contributed by atoms with Crippen LogP contribution in [0.15, 0.2) is 45.3 Å². The summed E-state index contributed by atoms with van der Waals surface area (Å²) in [6, 6.07) is 9.90. The van der Waals surface area contributed by atoms with Crippen LogP contribution in [0.1, 0.15) is 0 Å². The average Bonchev–Trinajstić information content (AvgIpc) is 2.38. The Labute approximate surface area is 132 Å². The van der Waals surface area contributed by atoms with Crippen molar-refractivity contribution >= 4 is 54.6 Å². The van der Waals surface area contributed by atoms with Gasteiger partial charge in [-0.3, -0.25) is 10.1 Å². The predicted molar refractivity (Wildman–Crippen MR) is 88.2 cm³/mol. The molecule has 0 radical (unpaired) electrons. The molecule has 0 amide bonds. The lowest BCUT2D eigenvalue weighted by Gasteiger charge is -1.97. The first kappa shape index (κ1) is 16.3. The van der Waals surface area contributed by atoms with Gasteiger partial charge < -0.3 is 17.2 Å². The Morgan fingerprint density at radius 1 is 0.850 bits per heavy atom. The molecule has 0 aliphatic carbocycles. The molecule has 106 valence electrons.